The van der Waals surface area contributed by atoms with Gasteiger partial charge in [-0.05, 0) is 57.4 Å². The molecule has 0 amide bonds. The largest absolute Gasteiger partial charge is 0.390 e. The standard InChI is InChI=1S/C12H15FO3.C11H15N.C2H6/c1-7-10(14)6-11(16-7)12(15)8-2-4-9(13)5-3-8;1-8(2)12-10(4)11-7-5-6-9(11)3;1-2/h2-5,7,10-12,14-15H,6H2,1H3;5,7H,1,6H2,2-4H3;1-2H3/t7-,10+,11-,12+;;/m0../s1. The molecule has 4 atom stereocenters. The number of hydrogen-bond acceptors (Lipinski definition) is 4. The van der Waals surface area contributed by atoms with E-state index in [1.807, 2.05) is 27.7 Å². The van der Waals surface area contributed by atoms with Gasteiger partial charge in [0, 0.05) is 17.8 Å². The van der Waals surface area contributed by atoms with Gasteiger partial charge in [0.15, 0.2) is 0 Å². The molecule has 2 aliphatic rings. The Morgan fingerprint density at radius 1 is 1.23 bits per heavy atom. The summed E-state index contributed by atoms with van der Waals surface area (Å²) in [7, 11) is 0. The van der Waals surface area contributed by atoms with Gasteiger partial charge in [-0.1, -0.05) is 50.3 Å². The van der Waals surface area contributed by atoms with Gasteiger partial charge in [0.2, 0.25) is 0 Å². The molecule has 0 spiro atoms. The van der Waals surface area contributed by atoms with Gasteiger partial charge in [0.05, 0.1) is 18.3 Å². The second kappa shape index (κ2) is 12.6. The molecule has 2 N–H and O–H groups in total. The molecule has 166 valence electrons. The lowest BCUT2D eigenvalue weighted by Crippen LogP contribution is -2.18. The molecule has 1 aliphatic carbocycles. The molecule has 0 aromatic heterocycles. The fourth-order valence-electron chi connectivity index (χ4n) is 3.31. The average Bonchev–Trinajstić information content (AvgIpc) is 3.29. The van der Waals surface area contributed by atoms with E-state index >= 15 is 0 Å². The molecule has 1 fully saturated rings. The van der Waals surface area contributed by atoms with E-state index in [4.69, 9.17) is 4.74 Å². The fourth-order valence-corrected chi connectivity index (χ4v) is 3.31. The van der Waals surface area contributed by atoms with Crippen LogP contribution < -0.4 is 0 Å². The van der Waals surface area contributed by atoms with Crippen LogP contribution in [0, 0.1) is 5.82 Å². The van der Waals surface area contributed by atoms with Crippen molar-refractivity contribution in [1.82, 2.24) is 0 Å². The Kier molecular flexibility index (Phi) is 10.9. The zero-order valence-electron chi connectivity index (χ0n) is 19.0. The maximum atomic E-state index is 12.7. The Balaban J connectivity index is 0.000000287. The van der Waals surface area contributed by atoms with Crippen LogP contribution in [0.1, 0.15) is 66.1 Å². The van der Waals surface area contributed by atoms with Crippen LogP contribution in [0.2, 0.25) is 0 Å². The van der Waals surface area contributed by atoms with Gasteiger partial charge in [-0.2, -0.15) is 0 Å². The molecular weight excluding hydrogens is 381 g/mol. The molecule has 0 unspecified atom stereocenters. The Morgan fingerprint density at radius 3 is 2.27 bits per heavy atom. The van der Waals surface area contributed by atoms with E-state index in [2.05, 4.69) is 30.6 Å². The van der Waals surface area contributed by atoms with E-state index in [1.54, 1.807) is 6.92 Å². The maximum absolute atomic E-state index is 12.7. The molecule has 4 nitrogen and oxygen atoms in total. The van der Waals surface area contributed by atoms with Crippen LogP contribution in [-0.2, 0) is 4.74 Å². The number of ether oxygens (including phenoxy) is 1. The van der Waals surface area contributed by atoms with E-state index < -0.39 is 18.3 Å². The van der Waals surface area contributed by atoms with Crippen LogP contribution >= 0.6 is 0 Å². The summed E-state index contributed by atoms with van der Waals surface area (Å²) in [6, 6.07) is 5.65. The van der Waals surface area contributed by atoms with Crippen LogP contribution in [-0.4, -0.2) is 34.2 Å². The zero-order chi connectivity index (χ0) is 22.8. The second-order valence-electron chi connectivity index (χ2n) is 7.41. The van der Waals surface area contributed by atoms with E-state index in [0.29, 0.717) is 12.0 Å². The highest BCUT2D eigenvalue weighted by molar-refractivity contribution is 6.02. The number of aliphatic hydroxyl groups excluding tert-OH is 2. The number of rotatable bonds is 4. The highest BCUT2D eigenvalue weighted by atomic mass is 19.1. The number of allylic oxidation sites excluding steroid dienone is 5. The number of halogens is 1. The van der Waals surface area contributed by atoms with Crippen molar-refractivity contribution < 1.29 is 19.3 Å². The first-order chi connectivity index (χ1) is 14.2. The minimum atomic E-state index is -0.819. The summed E-state index contributed by atoms with van der Waals surface area (Å²) in [6.45, 7) is 15.6. The minimum Gasteiger partial charge on any atom is -0.390 e. The molecule has 1 aliphatic heterocycles. The average molecular weight is 418 g/mol. The SMILES string of the molecule is C=C(C)N=C(C)C1=C(C)CC=C1.CC.C[C@@H]1O[C@H]([C@H](O)c2ccc(F)cc2)C[C@H]1O. The number of aliphatic hydroxyl groups is 2. The number of benzene rings is 1. The summed E-state index contributed by atoms with van der Waals surface area (Å²) in [5.74, 6) is -0.336. The summed E-state index contributed by atoms with van der Waals surface area (Å²) in [4.78, 5) is 4.32. The topological polar surface area (TPSA) is 62.0 Å². The summed E-state index contributed by atoms with van der Waals surface area (Å²) in [6.07, 6.45) is 3.73. The Labute approximate surface area is 180 Å². The highest BCUT2D eigenvalue weighted by Gasteiger charge is 2.35. The molecule has 30 heavy (non-hydrogen) atoms. The van der Waals surface area contributed by atoms with Gasteiger partial charge in [-0.25, -0.2) is 4.39 Å². The minimum absolute atomic E-state index is 0.264. The normalized spacial score (nSPS) is 24.0. The number of nitrogens with zero attached hydrogens (tertiary/aromatic N) is 1. The van der Waals surface area contributed by atoms with Crippen LogP contribution in [0.4, 0.5) is 4.39 Å². The van der Waals surface area contributed by atoms with E-state index in [0.717, 1.165) is 17.8 Å². The lowest BCUT2D eigenvalue weighted by atomic mass is 10.0. The molecule has 1 heterocycles. The number of hydrogen-bond donors (Lipinski definition) is 2. The maximum Gasteiger partial charge on any atom is 0.123 e. The van der Waals surface area contributed by atoms with Crippen molar-refractivity contribution in [2.24, 2.45) is 4.99 Å². The van der Waals surface area contributed by atoms with E-state index in [1.165, 1.54) is 35.4 Å². The first-order valence-electron chi connectivity index (χ1n) is 10.5. The van der Waals surface area contributed by atoms with Gasteiger partial charge in [-0.3, -0.25) is 4.99 Å². The smallest absolute Gasteiger partial charge is 0.123 e. The highest BCUT2D eigenvalue weighted by Crippen LogP contribution is 2.30. The van der Waals surface area contributed by atoms with Crippen LogP contribution in [0.25, 0.3) is 0 Å². The predicted octanol–water partition coefficient (Wildman–Crippen LogP) is 5.68. The Hall–Kier alpha value is -2.08. The summed E-state index contributed by atoms with van der Waals surface area (Å²) in [5.41, 5.74) is 5.23. The Bertz CT molecular complexity index is 770. The van der Waals surface area contributed by atoms with Gasteiger partial charge >= 0.3 is 0 Å². The van der Waals surface area contributed by atoms with Gasteiger partial charge in [-0.15, -0.1) is 0 Å². The van der Waals surface area contributed by atoms with E-state index in [-0.39, 0.29) is 11.9 Å². The van der Waals surface area contributed by atoms with Crippen molar-refractivity contribution in [1.29, 1.82) is 0 Å². The molecule has 3 rings (SSSR count). The molecule has 1 aromatic carbocycles. The fraction of sp³-hybridized carbons (Fsp3) is 0.480. The van der Waals surface area contributed by atoms with Crippen molar-refractivity contribution in [2.75, 3.05) is 0 Å². The molecule has 0 bridgehead atoms. The molecule has 1 saturated heterocycles. The van der Waals surface area contributed by atoms with Gasteiger partial charge < -0.3 is 14.9 Å². The van der Waals surface area contributed by atoms with Gasteiger partial charge in [0.1, 0.15) is 11.9 Å². The number of aliphatic imine (C=N–C) groups is 1. The first kappa shape index (κ1) is 26.0. The van der Waals surface area contributed by atoms with Crippen LogP contribution in [0.15, 0.2) is 64.8 Å². The molecule has 0 saturated carbocycles. The monoisotopic (exact) mass is 417 g/mol. The van der Waals surface area contributed by atoms with Crippen molar-refractivity contribution in [3.63, 3.8) is 0 Å². The molecule has 1 aromatic rings. The molecule has 0 radical (unpaired) electrons. The first-order valence-corrected chi connectivity index (χ1v) is 10.5. The van der Waals surface area contributed by atoms with E-state index in [9.17, 15) is 14.6 Å². The predicted molar refractivity (Wildman–Crippen MR) is 122 cm³/mol. The summed E-state index contributed by atoms with van der Waals surface area (Å²) < 4.78 is 18.1. The second-order valence-corrected chi connectivity index (χ2v) is 7.41. The third-order valence-corrected chi connectivity index (χ3v) is 4.89. The summed E-state index contributed by atoms with van der Waals surface area (Å²) >= 11 is 0. The van der Waals surface area contributed by atoms with Crippen molar-refractivity contribution in [3.05, 3.63) is 71.2 Å². The van der Waals surface area contributed by atoms with Crippen LogP contribution in [0.5, 0.6) is 0 Å². The quantitative estimate of drug-likeness (QED) is 0.620. The van der Waals surface area contributed by atoms with Crippen LogP contribution in [0.3, 0.4) is 0 Å². The third kappa shape index (κ3) is 7.63. The lowest BCUT2D eigenvalue weighted by Gasteiger charge is -2.18. The van der Waals surface area contributed by atoms with Gasteiger partial charge in [0.25, 0.3) is 0 Å². The van der Waals surface area contributed by atoms with Crippen molar-refractivity contribution in [2.45, 2.75) is 78.8 Å². The van der Waals surface area contributed by atoms with Crippen molar-refractivity contribution in [3.8, 4) is 0 Å². The third-order valence-electron chi connectivity index (χ3n) is 4.89. The zero-order valence-corrected chi connectivity index (χ0v) is 19.0. The Morgan fingerprint density at radius 2 is 1.83 bits per heavy atom. The lowest BCUT2D eigenvalue weighted by molar-refractivity contribution is -0.0380. The van der Waals surface area contributed by atoms with Crippen molar-refractivity contribution >= 4 is 5.71 Å². The molecule has 5 heteroatoms. The summed E-state index contributed by atoms with van der Waals surface area (Å²) in [5, 5.41) is 19.5. The molecular formula is C25H36FNO3.